The maximum atomic E-state index is 8.79. The normalized spacial score (nSPS) is 17.6. The average Bonchev–Trinajstić information content (AvgIpc) is 2.25. The molecule has 1 aliphatic rings. The fourth-order valence-corrected chi connectivity index (χ4v) is 2.16. The Hall–Kier alpha value is -1.33. The van der Waals surface area contributed by atoms with Crippen LogP contribution < -0.4 is 5.32 Å². The van der Waals surface area contributed by atoms with Crippen LogP contribution in [0.3, 0.4) is 0 Å². The number of nitriles is 1. The van der Waals surface area contributed by atoms with Gasteiger partial charge in [-0.2, -0.15) is 5.26 Å². The van der Waals surface area contributed by atoms with Crippen molar-refractivity contribution in [3.05, 3.63) is 34.9 Å². The molecule has 0 saturated heterocycles. The number of hydrogen-bond acceptors (Lipinski definition) is 2. The zero-order valence-corrected chi connectivity index (χ0v) is 10.0. The van der Waals surface area contributed by atoms with Crippen molar-refractivity contribution in [3.8, 4) is 6.07 Å². The maximum Gasteiger partial charge on any atom is 0.0991 e. The van der Waals surface area contributed by atoms with Crippen LogP contribution in [0, 0.1) is 18.3 Å². The maximum absolute atomic E-state index is 8.79. The quantitative estimate of drug-likeness (QED) is 0.839. The molecule has 0 unspecified atom stereocenters. The van der Waals surface area contributed by atoms with Gasteiger partial charge in [0.25, 0.3) is 0 Å². The molecule has 2 rings (SSSR count). The first-order valence-corrected chi connectivity index (χ1v) is 5.88. The van der Waals surface area contributed by atoms with Gasteiger partial charge in [-0.15, -0.1) is 0 Å². The van der Waals surface area contributed by atoms with Crippen molar-refractivity contribution in [2.45, 2.75) is 45.2 Å². The van der Waals surface area contributed by atoms with Gasteiger partial charge in [-0.3, -0.25) is 0 Å². The molecule has 0 spiro atoms. The first-order valence-electron chi connectivity index (χ1n) is 5.88. The van der Waals surface area contributed by atoms with E-state index in [4.69, 9.17) is 5.26 Å². The summed E-state index contributed by atoms with van der Waals surface area (Å²) < 4.78 is 0. The Morgan fingerprint density at radius 3 is 2.69 bits per heavy atom. The molecule has 1 fully saturated rings. The topological polar surface area (TPSA) is 35.8 Å². The first kappa shape index (κ1) is 11.2. The van der Waals surface area contributed by atoms with Gasteiger partial charge >= 0.3 is 0 Å². The zero-order valence-electron chi connectivity index (χ0n) is 10.0. The third kappa shape index (κ3) is 2.25. The van der Waals surface area contributed by atoms with Gasteiger partial charge in [0, 0.05) is 12.1 Å². The lowest BCUT2D eigenvalue weighted by atomic mass is 9.78. The smallest absolute Gasteiger partial charge is 0.0991 e. The molecule has 2 heteroatoms. The molecule has 1 N–H and O–H groups in total. The molecule has 1 saturated carbocycles. The molecule has 0 atom stereocenters. The lowest BCUT2D eigenvalue weighted by Crippen LogP contribution is -2.47. The van der Waals surface area contributed by atoms with Crippen molar-refractivity contribution in [3.63, 3.8) is 0 Å². The molecule has 0 heterocycles. The highest BCUT2D eigenvalue weighted by molar-refractivity contribution is 5.37. The van der Waals surface area contributed by atoms with E-state index in [-0.39, 0.29) is 0 Å². The SMILES string of the molecule is Cc1cc(C#N)ccc1CNC1(C)CCC1. The van der Waals surface area contributed by atoms with E-state index in [1.54, 1.807) is 0 Å². The van der Waals surface area contributed by atoms with Gasteiger partial charge in [0.15, 0.2) is 0 Å². The Kier molecular flexibility index (Phi) is 2.98. The van der Waals surface area contributed by atoms with E-state index >= 15 is 0 Å². The third-order valence-corrected chi connectivity index (χ3v) is 3.63. The lowest BCUT2D eigenvalue weighted by molar-refractivity contribution is 0.206. The standard InChI is InChI=1S/C14H18N2/c1-11-8-12(9-15)4-5-13(11)10-16-14(2)6-3-7-14/h4-5,8,16H,3,6-7,10H2,1-2H3. The van der Waals surface area contributed by atoms with Crippen LogP contribution in [0.4, 0.5) is 0 Å². The van der Waals surface area contributed by atoms with Crippen molar-refractivity contribution in [1.29, 1.82) is 5.26 Å². The Balaban J connectivity index is 2.02. The molecule has 1 aliphatic carbocycles. The molecular weight excluding hydrogens is 196 g/mol. The molecule has 0 radical (unpaired) electrons. The predicted molar refractivity (Wildman–Crippen MR) is 65.0 cm³/mol. The number of rotatable bonds is 3. The van der Waals surface area contributed by atoms with Gasteiger partial charge in [-0.25, -0.2) is 0 Å². The van der Waals surface area contributed by atoms with Crippen LogP contribution in [-0.2, 0) is 6.54 Å². The van der Waals surface area contributed by atoms with Crippen LogP contribution in [0.5, 0.6) is 0 Å². The minimum atomic E-state index is 0.348. The molecule has 1 aromatic carbocycles. The van der Waals surface area contributed by atoms with Crippen LogP contribution >= 0.6 is 0 Å². The molecule has 0 aromatic heterocycles. The van der Waals surface area contributed by atoms with Crippen molar-refractivity contribution >= 4 is 0 Å². The largest absolute Gasteiger partial charge is 0.307 e. The molecule has 2 nitrogen and oxygen atoms in total. The molecule has 0 bridgehead atoms. The summed E-state index contributed by atoms with van der Waals surface area (Å²) >= 11 is 0. The predicted octanol–water partition coefficient (Wildman–Crippen LogP) is 2.90. The molecule has 0 amide bonds. The van der Waals surface area contributed by atoms with E-state index in [0.29, 0.717) is 5.54 Å². The highest BCUT2D eigenvalue weighted by Gasteiger charge is 2.30. The van der Waals surface area contributed by atoms with Crippen LogP contribution in [0.15, 0.2) is 18.2 Å². The third-order valence-electron chi connectivity index (χ3n) is 3.63. The van der Waals surface area contributed by atoms with Gasteiger partial charge in [0.1, 0.15) is 0 Å². The second-order valence-corrected chi connectivity index (χ2v) is 5.02. The Labute approximate surface area is 97.3 Å². The summed E-state index contributed by atoms with van der Waals surface area (Å²) in [5, 5.41) is 12.4. The van der Waals surface area contributed by atoms with Crippen LogP contribution in [-0.4, -0.2) is 5.54 Å². The molecule has 84 valence electrons. The zero-order chi connectivity index (χ0) is 11.6. The number of aryl methyl sites for hydroxylation is 1. The number of hydrogen-bond donors (Lipinski definition) is 1. The van der Waals surface area contributed by atoms with Gasteiger partial charge in [-0.1, -0.05) is 6.07 Å². The highest BCUT2D eigenvalue weighted by Crippen LogP contribution is 2.31. The summed E-state index contributed by atoms with van der Waals surface area (Å²) in [6.07, 6.45) is 3.90. The molecular formula is C14H18N2. The summed E-state index contributed by atoms with van der Waals surface area (Å²) in [4.78, 5) is 0. The summed E-state index contributed by atoms with van der Waals surface area (Å²) in [7, 11) is 0. The summed E-state index contributed by atoms with van der Waals surface area (Å²) in [6, 6.07) is 8.08. The second kappa shape index (κ2) is 4.27. The fraction of sp³-hybridized carbons (Fsp3) is 0.500. The van der Waals surface area contributed by atoms with Gasteiger partial charge in [-0.05, 0) is 56.4 Å². The number of benzene rings is 1. The summed E-state index contributed by atoms with van der Waals surface area (Å²) in [6.45, 7) is 5.27. The van der Waals surface area contributed by atoms with E-state index < -0.39 is 0 Å². The minimum Gasteiger partial charge on any atom is -0.307 e. The van der Waals surface area contributed by atoms with Gasteiger partial charge in [0.05, 0.1) is 11.6 Å². The number of nitrogens with zero attached hydrogens (tertiary/aromatic N) is 1. The van der Waals surface area contributed by atoms with E-state index in [1.165, 1.54) is 30.4 Å². The first-order chi connectivity index (χ1) is 7.63. The fourth-order valence-electron chi connectivity index (χ4n) is 2.16. The Bertz CT molecular complexity index is 425. The van der Waals surface area contributed by atoms with E-state index in [0.717, 1.165) is 12.1 Å². The van der Waals surface area contributed by atoms with E-state index in [2.05, 4.69) is 31.3 Å². The summed E-state index contributed by atoms with van der Waals surface area (Å²) in [5.41, 5.74) is 3.60. The van der Waals surface area contributed by atoms with Crippen molar-refractivity contribution < 1.29 is 0 Å². The van der Waals surface area contributed by atoms with Crippen molar-refractivity contribution in [2.24, 2.45) is 0 Å². The minimum absolute atomic E-state index is 0.348. The molecule has 1 aromatic rings. The van der Waals surface area contributed by atoms with E-state index in [1.807, 2.05) is 12.1 Å². The van der Waals surface area contributed by atoms with Gasteiger partial charge < -0.3 is 5.32 Å². The monoisotopic (exact) mass is 214 g/mol. The van der Waals surface area contributed by atoms with Gasteiger partial charge in [0.2, 0.25) is 0 Å². The Morgan fingerprint density at radius 2 is 2.19 bits per heavy atom. The Morgan fingerprint density at radius 1 is 1.44 bits per heavy atom. The van der Waals surface area contributed by atoms with Crippen molar-refractivity contribution in [1.82, 2.24) is 5.32 Å². The van der Waals surface area contributed by atoms with Crippen LogP contribution in [0.2, 0.25) is 0 Å². The highest BCUT2D eigenvalue weighted by atomic mass is 15.0. The average molecular weight is 214 g/mol. The van der Waals surface area contributed by atoms with Crippen LogP contribution in [0.1, 0.15) is 42.9 Å². The van der Waals surface area contributed by atoms with Crippen LogP contribution in [0.25, 0.3) is 0 Å². The second-order valence-electron chi connectivity index (χ2n) is 5.02. The summed E-state index contributed by atoms with van der Waals surface area (Å²) in [5.74, 6) is 0. The lowest BCUT2D eigenvalue weighted by Gasteiger charge is -2.39. The number of nitrogens with one attached hydrogen (secondary N) is 1. The van der Waals surface area contributed by atoms with E-state index in [9.17, 15) is 0 Å². The molecule has 16 heavy (non-hydrogen) atoms. The molecule has 0 aliphatic heterocycles. The van der Waals surface area contributed by atoms with Crippen molar-refractivity contribution in [2.75, 3.05) is 0 Å².